The number of hydrogen-bond donors (Lipinski definition) is 1. The number of nitrogens with zero attached hydrogens (tertiary/aromatic N) is 1. The molecule has 0 aromatic heterocycles. The van der Waals surface area contributed by atoms with Crippen LogP contribution in [-0.4, -0.2) is 59.8 Å². The van der Waals surface area contributed by atoms with Gasteiger partial charge in [-0.15, -0.1) is 0 Å². The molecule has 0 aromatic carbocycles. The molecule has 1 N–H and O–H groups in total. The number of ether oxygens (including phenoxy) is 2. The Hall–Kier alpha value is -1.02. The third-order valence-electron chi connectivity index (χ3n) is 2.98. The van der Waals surface area contributed by atoms with Crippen molar-refractivity contribution >= 4 is 6.09 Å². The standard InChI is InChI=1S/C13H22F3NO4/c1-11(2,3)21-10(18)17-6-4-12(19,5-7-17)8-20-9-13(14,15)16/h19H,4-9H2,1-3H3. The minimum atomic E-state index is -4.41. The van der Waals surface area contributed by atoms with Gasteiger partial charge in [0.15, 0.2) is 0 Å². The van der Waals surface area contributed by atoms with E-state index in [4.69, 9.17) is 4.74 Å². The average molecular weight is 313 g/mol. The van der Waals surface area contributed by atoms with Crippen molar-refractivity contribution in [1.29, 1.82) is 0 Å². The van der Waals surface area contributed by atoms with Gasteiger partial charge in [-0.2, -0.15) is 13.2 Å². The number of carbonyl (C=O) groups is 1. The maximum atomic E-state index is 12.0. The zero-order valence-electron chi connectivity index (χ0n) is 12.5. The first-order valence-corrected chi connectivity index (χ1v) is 6.75. The summed E-state index contributed by atoms with van der Waals surface area (Å²) in [5.74, 6) is 0. The van der Waals surface area contributed by atoms with E-state index in [1.54, 1.807) is 20.8 Å². The Morgan fingerprint density at radius 3 is 2.19 bits per heavy atom. The Bertz CT molecular complexity index is 357. The summed E-state index contributed by atoms with van der Waals surface area (Å²) in [5.41, 5.74) is -1.94. The van der Waals surface area contributed by atoms with Crippen LogP contribution in [0.5, 0.6) is 0 Å². The Balaban J connectivity index is 2.38. The number of aliphatic hydroxyl groups is 1. The van der Waals surface area contributed by atoms with Gasteiger partial charge in [-0.05, 0) is 33.6 Å². The molecule has 124 valence electrons. The third-order valence-corrected chi connectivity index (χ3v) is 2.98. The summed E-state index contributed by atoms with van der Waals surface area (Å²) < 4.78 is 45.7. The minimum Gasteiger partial charge on any atom is -0.444 e. The maximum absolute atomic E-state index is 12.0. The number of rotatable bonds is 3. The van der Waals surface area contributed by atoms with Gasteiger partial charge in [0.2, 0.25) is 0 Å². The molecule has 5 nitrogen and oxygen atoms in total. The molecule has 0 radical (unpaired) electrons. The highest BCUT2D eigenvalue weighted by atomic mass is 19.4. The van der Waals surface area contributed by atoms with Crippen molar-refractivity contribution in [3.63, 3.8) is 0 Å². The van der Waals surface area contributed by atoms with Crippen molar-refractivity contribution in [2.45, 2.75) is 51.0 Å². The highest BCUT2D eigenvalue weighted by Gasteiger charge is 2.37. The van der Waals surface area contributed by atoms with Crippen LogP contribution in [0.25, 0.3) is 0 Å². The fourth-order valence-corrected chi connectivity index (χ4v) is 1.93. The summed E-state index contributed by atoms with van der Waals surface area (Å²) >= 11 is 0. The monoisotopic (exact) mass is 313 g/mol. The van der Waals surface area contributed by atoms with E-state index in [2.05, 4.69) is 4.74 Å². The molecule has 1 heterocycles. The normalized spacial score (nSPS) is 19.5. The molecule has 1 amide bonds. The van der Waals surface area contributed by atoms with Gasteiger partial charge in [0.1, 0.15) is 12.2 Å². The SMILES string of the molecule is CC(C)(C)OC(=O)N1CCC(O)(COCC(F)(F)F)CC1. The summed E-state index contributed by atoms with van der Waals surface area (Å²) in [7, 11) is 0. The first kappa shape index (κ1) is 18.0. The second-order valence-corrected chi connectivity index (χ2v) is 6.30. The van der Waals surface area contributed by atoms with Crippen LogP contribution in [0, 0.1) is 0 Å². The lowest BCUT2D eigenvalue weighted by Gasteiger charge is -2.38. The van der Waals surface area contributed by atoms with Crippen molar-refractivity contribution in [1.82, 2.24) is 4.90 Å². The maximum Gasteiger partial charge on any atom is 0.411 e. The fourth-order valence-electron chi connectivity index (χ4n) is 1.93. The van der Waals surface area contributed by atoms with Gasteiger partial charge in [-0.1, -0.05) is 0 Å². The van der Waals surface area contributed by atoms with Crippen molar-refractivity contribution in [3.05, 3.63) is 0 Å². The molecule has 1 saturated heterocycles. The van der Waals surface area contributed by atoms with Crippen molar-refractivity contribution < 1.29 is 32.5 Å². The smallest absolute Gasteiger partial charge is 0.411 e. The van der Waals surface area contributed by atoms with Crippen molar-refractivity contribution in [2.24, 2.45) is 0 Å². The molecule has 21 heavy (non-hydrogen) atoms. The molecule has 0 aromatic rings. The Labute approximate surface area is 122 Å². The minimum absolute atomic E-state index is 0.157. The van der Waals surface area contributed by atoms with Gasteiger partial charge in [0.25, 0.3) is 0 Å². The largest absolute Gasteiger partial charge is 0.444 e. The van der Waals surface area contributed by atoms with Crippen LogP contribution in [0.15, 0.2) is 0 Å². The molecule has 8 heteroatoms. The van der Waals surface area contributed by atoms with Crippen molar-refractivity contribution in [2.75, 3.05) is 26.3 Å². The lowest BCUT2D eigenvalue weighted by atomic mass is 9.92. The molecule has 0 atom stereocenters. The molecule has 1 rings (SSSR count). The van der Waals surface area contributed by atoms with Gasteiger partial charge in [-0.3, -0.25) is 0 Å². The van der Waals surface area contributed by atoms with E-state index < -0.39 is 36.7 Å². The van der Waals surface area contributed by atoms with Gasteiger partial charge < -0.3 is 19.5 Å². The van der Waals surface area contributed by atoms with E-state index in [-0.39, 0.29) is 25.9 Å². The Morgan fingerprint density at radius 2 is 1.76 bits per heavy atom. The van der Waals surface area contributed by atoms with Crippen LogP contribution in [0.3, 0.4) is 0 Å². The first-order valence-electron chi connectivity index (χ1n) is 6.75. The summed E-state index contributed by atoms with van der Waals surface area (Å²) in [5, 5.41) is 10.1. The Kier molecular flexibility index (Phi) is 5.49. The second kappa shape index (κ2) is 6.39. The molecule has 1 fully saturated rings. The molecule has 0 unspecified atom stereocenters. The van der Waals surface area contributed by atoms with Crippen LogP contribution < -0.4 is 0 Å². The van der Waals surface area contributed by atoms with Crippen molar-refractivity contribution in [3.8, 4) is 0 Å². The van der Waals surface area contributed by atoms with Gasteiger partial charge in [0, 0.05) is 13.1 Å². The number of likely N-dealkylation sites (tertiary alicyclic amines) is 1. The number of carbonyl (C=O) groups excluding carboxylic acids is 1. The highest BCUT2D eigenvalue weighted by Crippen LogP contribution is 2.25. The predicted octanol–water partition coefficient (Wildman–Crippen LogP) is 2.33. The molecule has 0 bridgehead atoms. The van der Waals surface area contributed by atoms with Gasteiger partial charge >= 0.3 is 12.3 Å². The first-order chi connectivity index (χ1) is 9.40. The summed E-state index contributed by atoms with van der Waals surface area (Å²) in [6.45, 7) is 3.91. The molecule has 0 spiro atoms. The van der Waals surface area contributed by atoms with Gasteiger partial charge in [-0.25, -0.2) is 4.79 Å². The third kappa shape index (κ3) is 6.99. The van der Waals surface area contributed by atoms with E-state index in [0.717, 1.165) is 0 Å². The lowest BCUT2D eigenvalue weighted by Crippen LogP contribution is -2.50. The summed E-state index contributed by atoms with van der Waals surface area (Å²) in [4.78, 5) is 13.2. The van der Waals surface area contributed by atoms with Crippen LogP contribution in [0.1, 0.15) is 33.6 Å². The predicted molar refractivity (Wildman–Crippen MR) is 68.9 cm³/mol. The van der Waals surface area contributed by atoms with E-state index in [0.29, 0.717) is 0 Å². The van der Waals surface area contributed by atoms with Crippen LogP contribution in [0.2, 0.25) is 0 Å². The van der Waals surface area contributed by atoms with E-state index in [1.165, 1.54) is 4.90 Å². The number of piperidine rings is 1. The number of halogens is 3. The molecule has 0 saturated carbocycles. The van der Waals surface area contributed by atoms with Crippen LogP contribution in [-0.2, 0) is 9.47 Å². The zero-order chi connectivity index (χ0) is 16.3. The van der Waals surface area contributed by atoms with E-state index in [1.807, 2.05) is 0 Å². The molecular formula is C13H22F3NO4. The lowest BCUT2D eigenvalue weighted by molar-refractivity contribution is -0.190. The molecule has 1 aliphatic rings. The zero-order valence-corrected chi connectivity index (χ0v) is 12.5. The van der Waals surface area contributed by atoms with E-state index >= 15 is 0 Å². The molecular weight excluding hydrogens is 291 g/mol. The fraction of sp³-hybridized carbons (Fsp3) is 0.923. The highest BCUT2D eigenvalue weighted by molar-refractivity contribution is 5.68. The topological polar surface area (TPSA) is 59.0 Å². The number of alkyl halides is 3. The summed E-state index contributed by atoms with van der Waals surface area (Å²) in [6, 6.07) is 0. The number of amides is 1. The van der Waals surface area contributed by atoms with E-state index in [9.17, 15) is 23.1 Å². The number of hydrogen-bond acceptors (Lipinski definition) is 4. The van der Waals surface area contributed by atoms with Crippen LogP contribution >= 0.6 is 0 Å². The van der Waals surface area contributed by atoms with Crippen LogP contribution in [0.4, 0.5) is 18.0 Å². The second-order valence-electron chi connectivity index (χ2n) is 6.30. The average Bonchev–Trinajstić information content (AvgIpc) is 2.25. The molecule has 1 aliphatic heterocycles. The summed E-state index contributed by atoms with van der Waals surface area (Å²) in [6.07, 6.45) is -4.58. The molecule has 0 aliphatic carbocycles. The quantitative estimate of drug-likeness (QED) is 0.869. The van der Waals surface area contributed by atoms with Gasteiger partial charge in [0.05, 0.1) is 12.2 Å². The Morgan fingerprint density at radius 1 is 1.24 bits per heavy atom.